The molecule has 1 aliphatic rings. The zero-order chi connectivity index (χ0) is 18.4. The summed E-state index contributed by atoms with van der Waals surface area (Å²) >= 11 is 6.13. The molecular formula is C21H24ClFN2. The lowest BCUT2D eigenvalue weighted by Crippen LogP contribution is -2.45. The third kappa shape index (κ3) is 3.30. The van der Waals surface area contributed by atoms with Gasteiger partial charge in [-0.1, -0.05) is 24.6 Å². The molecule has 3 rings (SSSR count). The number of halogens is 2. The second-order valence-electron chi connectivity index (χ2n) is 7.55. The molecule has 1 atom stereocenters. The zero-order valence-electron chi connectivity index (χ0n) is 15.4. The smallest absolute Gasteiger partial charge is 0.134 e. The average Bonchev–Trinajstić information content (AvgIpc) is 2.54. The standard InChI is InChI=1S/C21H24ClFN2/c1-13-11-21(3,4)25(5)20-10-18(23)15(9-16(13)20)12-24-19-8-6-7-17(22)14(19)2/h6-10,12-13H,11H2,1-5H3. The number of nitrogens with zero attached hydrogens (tertiary/aromatic N) is 2. The highest BCUT2D eigenvalue weighted by atomic mass is 35.5. The summed E-state index contributed by atoms with van der Waals surface area (Å²) in [6.07, 6.45) is 2.63. The molecule has 0 amide bonds. The molecule has 4 heteroatoms. The molecule has 0 fully saturated rings. The Bertz CT molecular complexity index is 842. The van der Waals surface area contributed by atoms with Gasteiger partial charge in [-0.05, 0) is 68.5 Å². The predicted molar refractivity (Wildman–Crippen MR) is 105 cm³/mol. The summed E-state index contributed by atoms with van der Waals surface area (Å²) in [5.41, 5.74) is 4.33. The van der Waals surface area contributed by atoms with Gasteiger partial charge in [-0.15, -0.1) is 0 Å². The van der Waals surface area contributed by atoms with E-state index in [1.54, 1.807) is 12.3 Å². The van der Waals surface area contributed by atoms with E-state index in [9.17, 15) is 4.39 Å². The normalized spacial score (nSPS) is 19.3. The number of rotatable bonds is 2. The Morgan fingerprint density at radius 2 is 2.04 bits per heavy atom. The highest BCUT2D eigenvalue weighted by Crippen LogP contribution is 2.43. The maximum atomic E-state index is 14.7. The van der Waals surface area contributed by atoms with Crippen LogP contribution in [0.3, 0.4) is 0 Å². The van der Waals surface area contributed by atoms with E-state index < -0.39 is 0 Å². The number of anilines is 1. The summed E-state index contributed by atoms with van der Waals surface area (Å²) in [4.78, 5) is 6.63. The minimum Gasteiger partial charge on any atom is -0.369 e. The molecule has 2 nitrogen and oxygen atoms in total. The van der Waals surface area contributed by atoms with E-state index in [-0.39, 0.29) is 11.4 Å². The van der Waals surface area contributed by atoms with Crippen molar-refractivity contribution < 1.29 is 4.39 Å². The molecule has 1 heterocycles. The SMILES string of the molecule is Cc1c(Cl)cccc1N=Cc1cc2c(cc1F)N(C)C(C)(C)CC2C. The molecule has 1 unspecified atom stereocenters. The summed E-state index contributed by atoms with van der Waals surface area (Å²) in [5.74, 6) is 0.126. The quantitative estimate of drug-likeness (QED) is 0.578. The molecule has 0 aromatic heterocycles. The van der Waals surface area contributed by atoms with E-state index in [1.807, 2.05) is 38.2 Å². The molecule has 0 saturated carbocycles. The number of hydrogen-bond acceptors (Lipinski definition) is 2. The van der Waals surface area contributed by atoms with Crippen LogP contribution in [0.15, 0.2) is 35.3 Å². The van der Waals surface area contributed by atoms with E-state index in [4.69, 9.17) is 11.6 Å². The van der Waals surface area contributed by atoms with E-state index in [0.29, 0.717) is 16.5 Å². The molecular weight excluding hydrogens is 335 g/mol. The van der Waals surface area contributed by atoms with Gasteiger partial charge in [0.1, 0.15) is 5.82 Å². The monoisotopic (exact) mass is 358 g/mol. The summed E-state index contributed by atoms with van der Waals surface area (Å²) in [6, 6.07) is 9.13. The summed E-state index contributed by atoms with van der Waals surface area (Å²) in [7, 11) is 2.03. The Labute approximate surface area is 154 Å². The van der Waals surface area contributed by atoms with Crippen molar-refractivity contribution in [2.75, 3.05) is 11.9 Å². The molecule has 0 bridgehead atoms. The lowest BCUT2D eigenvalue weighted by molar-refractivity contribution is 0.394. The highest BCUT2D eigenvalue weighted by molar-refractivity contribution is 6.31. The van der Waals surface area contributed by atoms with Gasteiger partial charge >= 0.3 is 0 Å². The van der Waals surface area contributed by atoms with Crippen molar-refractivity contribution in [3.63, 3.8) is 0 Å². The van der Waals surface area contributed by atoms with Crippen LogP contribution in [-0.4, -0.2) is 18.8 Å². The van der Waals surface area contributed by atoms with Crippen molar-refractivity contribution in [3.05, 3.63) is 57.9 Å². The zero-order valence-corrected chi connectivity index (χ0v) is 16.2. The molecule has 2 aromatic rings. The van der Waals surface area contributed by atoms with Gasteiger partial charge in [0, 0.05) is 35.1 Å². The topological polar surface area (TPSA) is 15.6 Å². The fourth-order valence-corrected chi connectivity index (χ4v) is 3.75. The third-order valence-corrected chi connectivity index (χ3v) is 5.74. The van der Waals surface area contributed by atoms with Crippen LogP contribution in [0.2, 0.25) is 5.02 Å². The van der Waals surface area contributed by atoms with Crippen LogP contribution in [0.25, 0.3) is 0 Å². The van der Waals surface area contributed by atoms with Crippen LogP contribution >= 0.6 is 11.6 Å². The molecule has 0 spiro atoms. The van der Waals surface area contributed by atoms with Gasteiger partial charge in [-0.25, -0.2) is 4.39 Å². The lowest BCUT2D eigenvalue weighted by atomic mass is 9.80. The van der Waals surface area contributed by atoms with Crippen molar-refractivity contribution in [2.45, 2.75) is 45.6 Å². The van der Waals surface area contributed by atoms with Crippen molar-refractivity contribution in [1.29, 1.82) is 0 Å². The van der Waals surface area contributed by atoms with Crippen molar-refractivity contribution >= 4 is 29.2 Å². The second kappa shape index (κ2) is 6.45. The Balaban J connectivity index is 2.01. The number of hydrogen-bond donors (Lipinski definition) is 0. The van der Waals surface area contributed by atoms with E-state index in [1.165, 1.54) is 5.56 Å². The Morgan fingerprint density at radius 1 is 1.32 bits per heavy atom. The predicted octanol–water partition coefficient (Wildman–Crippen LogP) is 6.26. The van der Waals surface area contributed by atoms with Gasteiger partial charge < -0.3 is 4.90 Å². The van der Waals surface area contributed by atoms with Gasteiger partial charge in [-0.3, -0.25) is 4.99 Å². The van der Waals surface area contributed by atoms with Gasteiger partial charge in [0.25, 0.3) is 0 Å². The summed E-state index contributed by atoms with van der Waals surface area (Å²) < 4.78 is 14.7. The minimum atomic E-state index is -0.251. The third-order valence-electron chi connectivity index (χ3n) is 5.33. The minimum absolute atomic E-state index is 0.0202. The molecule has 1 aliphatic heterocycles. The molecule has 2 aromatic carbocycles. The first kappa shape index (κ1) is 17.9. The largest absolute Gasteiger partial charge is 0.369 e. The highest BCUT2D eigenvalue weighted by Gasteiger charge is 2.34. The van der Waals surface area contributed by atoms with Crippen molar-refractivity contribution in [2.24, 2.45) is 4.99 Å². The van der Waals surface area contributed by atoms with Crippen molar-refractivity contribution in [1.82, 2.24) is 0 Å². The maximum Gasteiger partial charge on any atom is 0.134 e. The van der Waals surface area contributed by atoms with Gasteiger partial charge in [0.2, 0.25) is 0 Å². The van der Waals surface area contributed by atoms with Gasteiger partial charge in [0.15, 0.2) is 0 Å². The van der Waals surface area contributed by atoms with E-state index in [2.05, 4.69) is 30.7 Å². The van der Waals surface area contributed by atoms with Crippen LogP contribution in [0.4, 0.5) is 15.8 Å². The number of benzene rings is 2. The molecule has 0 saturated heterocycles. The number of aliphatic imine (C=N–C) groups is 1. The van der Waals surface area contributed by atoms with Gasteiger partial charge in [-0.2, -0.15) is 0 Å². The van der Waals surface area contributed by atoms with Crippen LogP contribution in [0.5, 0.6) is 0 Å². The molecule has 132 valence electrons. The van der Waals surface area contributed by atoms with Crippen LogP contribution < -0.4 is 4.90 Å². The number of fused-ring (bicyclic) bond motifs is 1. The molecule has 0 radical (unpaired) electrons. The Morgan fingerprint density at radius 3 is 2.76 bits per heavy atom. The van der Waals surface area contributed by atoms with Crippen LogP contribution in [-0.2, 0) is 0 Å². The first-order valence-electron chi connectivity index (χ1n) is 8.57. The molecule has 0 aliphatic carbocycles. The lowest BCUT2D eigenvalue weighted by Gasteiger charge is -2.45. The fraction of sp³-hybridized carbons (Fsp3) is 0.381. The van der Waals surface area contributed by atoms with Crippen LogP contribution in [0.1, 0.15) is 49.8 Å². The fourth-order valence-electron chi connectivity index (χ4n) is 3.58. The van der Waals surface area contributed by atoms with Crippen molar-refractivity contribution in [3.8, 4) is 0 Å². The molecule has 0 N–H and O–H groups in total. The Kier molecular flexibility index (Phi) is 4.63. The maximum absolute atomic E-state index is 14.7. The first-order chi connectivity index (χ1) is 11.7. The molecule has 25 heavy (non-hydrogen) atoms. The second-order valence-corrected chi connectivity index (χ2v) is 7.96. The van der Waals surface area contributed by atoms with Crippen LogP contribution in [0, 0.1) is 12.7 Å². The Hall–Kier alpha value is -1.87. The first-order valence-corrected chi connectivity index (χ1v) is 8.95. The van der Waals surface area contributed by atoms with E-state index >= 15 is 0 Å². The van der Waals surface area contributed by atoms with E-state index in [0.717, 1.165) is 23.4 Å². The summed E-state index contributed by atoms with van der Waals surface area (Å²) in [5, 5.41) is 0.665. The van der Waals surface area contributed by atoms with Gasteiger partial charge in [0.05, 0.1) is 5.69 Å². The summed E-state index contributed by atoms with van der Waals surface area (Å²) in [6.45, 7) is 8.51. The average molecular weight is 359 g/mol.